The van der Waals surface area contributed by atoms with Gasteiger partial charge in [0.25, 0.3) is 0 Å². The molecule has 7 nitrogen and oxygen atoms in total. The topological polar surface area (TPSA) is 75.9 Å². The Balaban J connectivity index is 1.22. The van der Waals surface area contributed by atoms with Crippen LogP contribution in [-0.2, 0) is 17.8 Å². The maximum Gasteiger partial charge on any atom is 0.230 e. The van der Waals surface area contributed by atoms with E-state index in [0.29, 0.717) is 24.4 Å². The van der Waals surface area contributed by atoms with Gasteiger partial charge < -0.3 is 5.32 Å². The van der Waals surface area contributed by atoms with Crippen molar-refractivity contribution in [2.45, 2.75) is 50.0 Å². The highest BCUT2D eigenvalue weighted by atomic mass is 32.2. The molecule has 1 aliphatic heterocycles. The Morgan fingerprint density at radius 2 is 2.15 bits per heavy atom. The van der Waals surface area contributed by atoms with Crippen molar-refractivity contribution >= 4 is 17.7 Å². The first-order valence-electron chi connectivity index (χ1n) is 9.19. The number of amides is 1. The van der Waals surface area contributed by atoms with Crippen molar-refractivity contribution in [1.29, 1.82) is 0 Å². The number of benzene rings is 1. The van der Waals surface area contributed by atoms with Gasteiger partial charge >= 0.3 is 0 Å². The molecular formula is C18H24N6OS. The van der Waals surface area contributed by atoms with Gasteiger partial charge in [-0.15, -0.1) is 5.10 Å². The van der Waals surface area contributed by atoms with E-state index in [1.54, 1.807) is 0 Å². The minimum Gasteiger partial charge on any atom is -0.354 e. The second kappa shape index (κ2) is 7.75. The van der Waals surface area contributed by atoms with Crippen molar-refractivity contribution < 1.29 is 4.79 Å². The number of nitrogens with one attached hydrogen (secondary N) is 1. The predicted molar refractivity (Wildman–Crippen MR) is 99.8 cm³/mol. The van der Waals surface area contributed by atoms with E-state index in [9.17, 15) is 4.79 Å². The lowest BCUT2D eigenvalue weighted by Gasteiger charge is -2.33. The number of carbonyl (C=O) groups is 1. The predicted octanol–water partition coefficient (Wildman–Crippen LogP) is 1.66. The smallest absolute Gasteiger partial charge is 0.230 e. The van der Waals surface area contributed by atoms with Crippen LogP contribution < -0.4 is 5.32 Å². The summed E-state index contributed by atoms with van der Waals surface area (Å²) in [5, 5.41) is 15.5. The number of fused-ring (bicyclic) bond motifs is 1. The summed E-state index contributed by atoms with van der Waals surface area (Å²) < 4.78 is 1.84. The van der Waals surface area contributed by atoms with E-state index in [4.69, 9.17) is 0 Å². The van der Waals surface area contributed by atoms with E-state index in [1.807, 2.05) is 4.68 Å². The fraction of sp³-hybridized carbons (Fsp3) is 0.556. The fourth-order valence-corrected chi connectivity index (χ4v) is 4.07. The largest absolute Gasteiger partial charge is 0.354 e. The number of aromatic nitrogens is 4. The molecule has 1 saturated carbocycles. The Hall–Kier alpha value is -1.93. The molecule has 1 amide bonds. The van der Waals surface area contributed by atoms with Crippen molar-refractivity contribution in [1.82, 2.24) is 30.4 Å². The number of hydrogen-bond acceptors (Lipinski definition) is 6. The summed E-state index contributed by atoms with van der Waals surface area (Å²) in [6.45, 7) is 4.83. The maximum absolute atomic E-state index is 12.2. The van der Waals surface area contributed by atoms with E-state index in [0.717, 1.165) is 37.5 Å². The summed E-state index contributed by atoms with van der Waals surface area (Å²) in [7, 11) is 0. The van der Waals surface area contributed by atoms with E-state index in [-0.39, 0.29) is 5.91 Å². The molecule has 1 aromatic heterocycles. The number of tetrazole rings is 1. The number of rotatable bonds is 7. The van der Waals surface area contributed by atoms with Gasteiger partial charge in [0.15, 0.2) is 0 Å². The lowest BCUT2D eigenvalue weighted by atomic mass is 9.99. The number of carbonyl (C=O) groups excluding carboxylic acids is 1. The zero-order valence-electron chi connectivity index (χ0n) is 15.0. The second-order valence-electron chi connectivity index (χ2n) is 7.07. The Kier molecular flexibility index (Phi) is 5.21. The van der Waals surface area contributed by atoms with E-state index in [2.05, 4.69) is 56.9 Å². The molecule has 2 aromatic rings. The van der Waals surface area contributed by atoms with E-state index < -0.39 is 0 Å². The van der Waals surface area contributed by atoms with Crippen LogP contribution in [0.15, 0.2) is 29.4 Å². The monoisotopic (exact) mass is 372 g/mol. The number of hydrogen-bond donors (Lipinski definition) is 1. The zero-order valence-corrected chi connectivity index (χ0v) is 15.8. The maximum atomic E-state index is 12.2. The van der Waals surface area contributed by atoms with E-state index in [1.165, 1.54) is 22.9 Å². The Morgan fingerprint density at radius 1 is 1.35 bits per heavy atom. The summed E-state index contributed by atoms with van der Waals surface area (Å²) in [4.78, 5) is 14.6. The first-order valence-corrected chi connectivity index (χ1v) is 10.2. The van der Waals surface area contributed by atoms with Crippen LogP contribution in [0, 0.1) is 0 Å². The standard InChI is InChI=1S/C18H24N6OS/c1-13(23-9-8-14-4-2-3-5-15(14)11-23)10-19-17(25)12-26-18-20-21-22-24(18)16-6-7-16/h2-5,13,16H,6-12H2,1H3,(H,19,25). The molecule has 1 unspecified atom stereocenters. The molecule has 26 heavy (non-hydrogen) atoms. The molecule has 0 saturated heterocycles. The van der Waals surface area contributed by atoms with Crippen LogP contribution in [0.4, 0.5) is 0 Å². The second-order valence-corrected chi connectivity index (χ2v) is 8.01. The highest BCUT2D eigenvalue weighted by molar-refractivity contribution is 7.99. The van der Waals surface area contributed by atoms with Gasteiger partial charge in [0.05, 0.1) is 11.8 Å². The molecule has 1 aromatic carbocycles. The van der Waals surface area contributed by atoms with Gasteiger partial charge in [-0.1, -0.05) is 36.0 Å². The van der Waals surface area contributed by atoms with Gasteiger partial charge in [-0.2, -0.15) is 0 Å². The third-order valence-electron chi connectivity index (χ3n) is 5.07. The van der Waals surface area contributed by atoms with Crippen molar-refractivity contribution in [2.24, 2.45) is 0 Å². The van der Waals surface area contributed by atoms with Crippen molar-refractivity contribution in [3.63, 3.8) is 0 Å². The molecule has 0 radical (unpaired) electrons. The van der Waals surface area contributed by atoms with Crippen molar-refractivity contribution in [3.05, 3.63) is 35.4 Å². The molecule has 2 heterocycles. The van der Waals surface area contributed by atoms with Gasteiger partial charge in [0.1, 0.15) is 0 Å². The minimum atomic E-state index is 0.0320. The Morgan fingerprint density at radius 3 is 2.96 bits per heavy atom. The number of nitrogens with zero attached hydrogens (tertiary/aromatic N) is 5. The van der Waals surface area contributed by atoms with Crippen LogP contribution in [0.25, 0.3) is 0 Å². The van der Waals surface area contributed by atoms with Crippen LogP contribution in [0.1, 0.15) is 36.9 Å². The molecule has 0 spiro atoms. The fourth-order valence-electron chi connectivity index (χ4n) is 3.29. The normalized spacial score (nSPS) is 18.3. The highest BCUT2D eigenvalue weighted by Crippen LogP contribution is 2.36. The van der Waals surface area contributed by atoms with Crippen LogP contribution in [0.2, 0.25) is 0 Å². The van der Waals surface area contributed by atoms with Crippen LogP contribution in [0.3, 0.4) is 0 Å². The molecule has 1 atom stereocenters. The number of thioether (sulfide) groups is 1. The van der Waals surface area contributed by atoms with Gasteiger partial charge in [-0.05, 0) is 47.7 Å². The third kappa shape index (κ3) is 4.07. The lowest BCUT2D eigenvalue weighted by Crippen LogP contribution is -2.44. The van der Waals surface area contributed by atoms with E-state index >= 15 is 0 Å². The molecule has 2 aliphatic rings. The first-order chi connectivity index (χ1) is 12.7. The SMILES string of the molecule is CC(CNC(=O)CSc1nnnn1C1CC1)N1CCc2ccccc2C1. The highest BCUT2D eigenvalue weighted by Gasteiger charge is 2.28. The summed E-state index contributed by atoms with van der Waals surface area (Å²) >= 11 is 1.41. The van der Waals surface area contributed by atoms with Gasteiger partial charge in [-0.25, -0.2) is 4.68 Å². The van der Waals surface area contributed by atoms with Crippen LogP contribution in [-0.4, -0.2) is 55.9 Å². The minimum absolute atomic E-state index is 0.0320. The Bertz CT molecular complexity index is 775. The molecule has 1 N–H and O–H groups in total. The third-order valence-corrected chi connectivity index (χ3v) is 6.00. The summed E-state index contributed by atoms with van der Waals surface area (Å²) in [6.07, 6.45) is 3.33. The molecule has 8 heteroatoms. The van der Waals surface area contributed by atoms with Gasteiger partial charge in [-0.3, -0.25) is 9.69 Å². The van der Waals surface area contributed by atoms with Gasteiger partial charge in [0, 0.05) is 25.7 Å². The lowest BCUT2D eigenvalue weighted by molar-refractivity contribution is -0.118. The molecule has 4 rings (SSSR count). The average molecular weight is 372 g/mol. The molecule has 1 fully saturated rings. The summed E-state index contributed by atoms with van der Waals surface area (Å²) in [5.74, 6) is 0.382. The van der Waals surface area contributed by atoms with Crippen LogP contribution in [0.5, 0.6) is 0 Å². The quantitative estimate of drug-likeness (QED) is 0.745. The van der Waals surface area contributed by atoms with Crippen LogP contribution >= 0.6 is 11.8 Å². The molecule has 138 valence electrons. The van der Waals surface area contributed by atoms with Crippen molar-refractivity contribution in [2.75, 3.05) is 18.8 Å². The zero-order chi connectivity index (χ0) is 17.9. The molecule has 1 aliphatic carbocycles. The summed E-state index contributed by atoms with van der Waals surface area (Å²) in [5.41, 5.74) is 2.85. The molecule has 0 bridgehead atoms. The first kappa shape index (κ1) is 17.5. The van der Waals surface area contributed by atoms with Gasteiger partial charge in [0.2, 0.25) is 11.1 Å². The van der Waals surface area contributed by atoms with Crippen molar-refractivity contribution in [3.8, 4) is 0 Å². The Labute approximate surface area is 157 Å². The molecular weight excluding hydrogens is 348 g/mol. The summed E-state index contributed by atoms with van der Waals surface area (Å²) in [6, 6.07) is 9.36. The average Bonchev–Trinajstić information content (AvgIpc) is 3.41.